The molecule has 0 amide bonds. The molecule has 42 heavy (non-hydrogen) atoms. The number of ether oxygens (including phenoxy) is 3. The van der Waals surface area contributed by atoms with Gasteiger partial charge in [-0.25, -0.2) is 14.6 Å². The van der Waals surface area contributed by atoms with Gasteiger partial charge in [0.15, 0.2) is 10.8 Å². The standard InChI is InChI=1S/C32H37N3O6S/c1-6-39-28(36)24-20(4)35-32(5,22-17-13-10-14-18-22)25(29(37)40-7-2)27(24)34-31-33-26(30(38)41-8-3)23(42-31)19-21-15-11-9-12-16-21/h9-18,25,27,35H,6-8,19H2,1-5H3,(H,33,34). The Bertz CT molecular complexity index is 1440. The van der Waals surface area contributed by atoms with E-state index >= 15 is 0 Å². The molecular weight excluding hydrogens is 554 g/mol. The van der Waals surface area contributed by atoms with Crippen molar-refractivity contribution < 1.29 is 28.6 Å². The lowest BCUT2D eigenvalue weighted by Gasteiger charge is -2.47. The quantitative estimate of drug-likeness (QED) is 0.229. The molecule has 4 rings (SSSR count). The molecule has 0 saturated carbocycles. The molecule has 9 nitrogen and oxygen atoms in total. The molecule has 3 aromatic rings. The van der Waals surface area contributed by atoms with Gasteiger partial charge in [-0.3, -0.25) is 4.79 Å². The van der Waals surface area contributed by atoms with Crippen LogP contribution in [0.2, 0.25) is 0 Å². The van der Waals surface area contributed by atoms with E-state index in [1.807, 2.05) is 67.6 Å². The number of carbonyl (C=O) groups excluding carboxylic acids is 3. The number of esters is 3. The van der Waals surface area contributed by atoms with Gasteiger partial charge in [-0.1, -0.05) is 60.7 Å². The van der Waals surface area contributed by atoms with Gasteiger partial charge in [-0.15, -0.1) is 11.3 Å². The van der Waals surface area contributed by atoms with Crippen LogP contribution >= 0.6 is 11.3 Å². The van der Waals surface area contributed by atoms with E-state index in [9.17, 15) is 14.4 Å². The summed E-state index contributed by atoms with van der Waals surface area (Å²) in [5, 5.41) is 7.16. The van der Waals surface area contributed by atoms with E-state index in [1.165, 1.54) is 11.3 Å². The zero-order valence-corrected chi connectivity index (χ0v) is 25.4. The van der Waals surface area contributed by atoms with Crippen molar-refractivity contribution in [3.63, 3.8) is 0 Å². The third-order valence-corrected chi connectivity index (χ3v) is 8.17. The first-order valence-corrected chi connectivity index (χ1v) is 14.9. The van der Waals surface area contributed by atoms with E-state index in [1.54, 1.807) is 27.7 Å². The van der Waals surface area contributed by atoms with Gasteiger partial charge in [0.2, 0.25) is 0 Å². The predicted octanol–water partition coefficient (Wildman–Crippen LogP) is 5.23. The average molecular weight is 592 g/mol. The van der Waals surface area contributed by atoms with Crippen LogP contribution in [0.15, 0.2) is 71.9 Å². The number of nitrogens with zero attached hydrogens (tertiary/aromatic N) is 1. The molecule has 0 bridgehead atoms. The molecule has 0 spiro atoms. The summed E-state index contributed by atoms with van der Waals surface area (Å²) < 4.78 is 16.3. The molecule has 1 aromatic heterocycles. The van der Waals surface area contributed by atoms with Crippen LogP contribution in [0.1, 0.15) is 61.1 Å². The predicted molar refractivity (Wildman–Crippen MR) is 161 cm³/mol. The Hall–Kier alpha value is -4.18. The minimum Gasteiger partial charge on any atom is -0.466 e. The van der Waals surface area contributed by atoms with E-state index < -0.39 is 35.4 Å². The Labute approximate surface area is 250 Å². The molecule has 1 aliphatic rings. The van der Waals surface area contributed by atoms with Crippen molar-refractivity contribution >= 4 is 34.4 Å². The summed E-state index contributed by atoms with van der Waals surface area (Å²) in [4.78, 5) is 45.4. The molecule has 0 fully saturated rings. The molecule has 2 heterocycles. The maximum Gasteiger partial charge on any atom is 0.358 e. The Balaban J connectivity index is 1.85. The lowest BCUT2D eigenvalue weighted by atomic mass is 9.70. The van der Waals surface area contributed by atoms with Gasteiger partial charge in [0.1, 0.15) is 5.92 Å². The van der Waals surface area contributed by atoms with Crippen LogP contribution in [-0.4, -0.2) is 48.8 Å². The van der Waals surface area contributed by atoms with E-state index in [4.69, 9.17) is 14.2 Å². The monoisotopic (exact) mass is 591 g/mol. The van der Waals surface area contributed by atoms with Crippen LogP contribution < -0.4 is 10.6 Å². The van der Waals surface area contributed by atoms with E-state index in [0.29, 0.717) is 22.1 Å². The van der Waals surface area contributed by atoms with E-state index in [-0.39, 0.29) is 31.1 Å². The lowest BCUT2D eigenvalue weighted by molar-refractivity contribution is -0.152. The number of hydrogen-bond acceptors (Lipinski definition) is 10. The van der Waals surface area contributed by atoms with Gasteiger partial charge in [-0.2, -0.15) is 0 Å². The highest BCUT2D eigenvalue weighted by molar-refractivity contribution is 7.15. The third-order valence-electron chi connectivity index (χ3n) is 7.18. The second-order valence-corrected chi connectivity index (χ2v) is 11.1. The highest BCUT2D eigenvalue weighted by Gasteiger charge is 2.53. The Morgan fingerprint density at radius 2 is 1.50 bits per heavy atom. The van der Waals surface area contributed by atoms with E-state index in [0.717, 1.165) is 11.1 Å². The summed E-state index contributed by atoms with van der Waals surface area (Å²) in [7, 11) is 0. The number of aromatic nitrogens is 1. The SMILES string of the molecule is CCOC(=O)C1=C(C)NC(C)(c2ccccc2)C(C(=O)OCC)C1Nc1nc(C(=O)OCC)c(Cc2ccccc2)s1. The summed E-state index contributed by atoms with van der Waals surface area (Å²) in [5.41, 5.74) is 1.90. The van der Waals surface area contributed by atoms with Crippen molar-refractivity contribution in [2.75, 3.05) is 25.1 Å². The van der Waals surface area contributed by atoms with Crippen molar-refractivity contribution in [2.45, 2.75) is 52.6 Å². The van der Waals surface area contributed by atoms with Crippen molar-refractivity contribution in [1.82, 2.24) is 10.3 Å². The number of thiazole rings is 1. The number of benzene rings is 2. The zero-order chi connectivity index (χ0) is 30.3. The van der Waals surface area contributed by atoms with Crippen LogP contribution in [0.25, 0.3) is 0 Å². The van der Waals surface area contributed by atoms with Crippen molar-refractivity contribution in [3.05, 3.63) is 93.6 Å². The van der Waals surface area contributed by atoms with Gasteiger partial charge < -0.3 is 24.8 Å². The molecule has 10 heteroatoms. The fraction of sp³-hybridized carbons (Fsp3) is 0.375. The van der Waals surface area contributed by atoms with Crippen LogP contribution in [0, 0.1) is 5.92 Å². The zero-order valence-electron chi connectivity index (χ0n) is 24.6. The maximum atomic E-state index is 13.8. The summed E-state index contributed by atoms with van der Waals surface area (Å²) in [6.07, 6.45) is 0.462. The topological polar surface area (TPSA) is 116 Å². The van der Waals surface area contributed by atoms with Gasteiger partial charge in [-0.05, 0) is 45.7 Å². The highest BCUT2D eigenvalue weighted by Crippen LogP contribution is 2.42. The van der Waals surface area contributed by atoms with Crippen molar-refractivity contribution in [1.29, 1.82) is 0 Å². The molecular formula is C32H37N3O6S. The van der Waals surface area contributed by atoms with Gasteiger partial charge in [0, 0.05) is 17.0 Å². The Morgan fingerprint density at radius 3 is 2.12 bits per heavy atom. The smallest absolute Gasteiger partial charge is 0.358 e. The molecule has 222 valence electrons. The first-order valence-electron chi connectivity index (χ1n) is 14.1. The molecule has 2 aromatic carbocycles. The molecule has 0 radical (unpaired) electrons. The largest absolute Gasteiger partial charge is 0.466 e. The van der Waals surface area contributed by atoms with Crippen molar-refractivity contribution in [2.24, 2.45) is 5.92 Å². The minimum atomic E-state index is -0.959. The van der Waals surface area contributed by atoms with E-state index in [2.05, 4.69) is 15.6 Å². The molecule has 0 aliphatic carbocycles. The summed E-state index contributed by atoms with van der Waals surface area (Å²) in [6, 6.07) is 18.4. The number of anilines is 1. The fourth-order valence-electron chi connectivity index (χ4n) is 5.36. The fourth-order valence-corrected chi connectivity index (χ4v) is 6.38. The number of hydrogen-bond donors (Lipinski definition) is 2. The third kappa shape index (κ3) is 6.49. The van der Waals surface area contributed by atoms with Crippen molar-refractivity contribution in [3.8, 4) is 0 Å². The van der Waals surface area contributed by atoms with Crippen LogP contribution in [0.5, 0.6) is 0 Å². The number of carbonyl (C=O) groups is 3. The molecule has 3 unspecified atom stereocenters. The number of allylic oxidation sites excluding steroid dienone is 1. The second-order valence-electron chi connectivity index (χ2n) is 9.98. The normalized spacial score (nSPS) is 19.9. The summed E-state index contributed by atoms with van der Waals surface area (Å²) in [5.74, 6) is -2.49. The molecule has 0 saturated heterocycles. The second kappa shape index (κ2) is 13.7. The Kier molecular flexibility index (Phi) is 10.0. The molecule has 3 atom stereocenters. The van der Waals surface area contributed by atoms with Crippen LogP contribution in [0.4, 0.5) is 5.13 Å². The summed E-state index contributed by atoms with van der Waals surface area (Å²) >= 11 is 1.28. The van der Waals surface area contributed by atoms with Crippen LogP contribution in [-0.2, 0) is 35.8 Å². The van der Waals surface area contributed by atoms with Crippen LogP contribution in [0.3, 0.4) is 0 Å². The Morgan fingerprint density at radius 1 is 0.905 bits per heavy atom. The minimum absolute atomic E-state index is 0.161. The summed E-state index contributed by atoms with van der Waals surface area (Å²) in [6.45, 7) is 9.44. The van der Waals surface area contributed by atoms with Gasteiger partial charge in [0.25, 0.3) is 0 Å². The average Bonchev–Trinajstić information content (AvgIpc) is 3.36. The van der Waals surface area contributed by atoms with Gasteiger partial charge >= 0.3 is 17.9 Å². The highest BCUT2D eigenvalue weighted by atomic mass is 32.1. The van der Waals surface area contributed by atoms with Gasteiger partial charge in [0.05, 0.1) is 37.0 Å². The molecule has 1 aliphatic heterocycles. The number of nitrogens with one attached hydrogen (secondary N) is 2. The number of rotatable bonds is 11. The lowest BCUT2D eigenvalue weighted by Crippen LogP contribution is -2.60. The first-order chi connectivity index (χ1) is 20.2. The first kappa shape index (κ1) is 30.8. The molecule has 2 N–H and O–H groups in total. The maximum absolute atomic E-state index is 13.8.